The van der Waals surface area contributed by atoms with Crippen LogP contribution in [0.3, 0.4) is 0 Å². The zero-order chi connectivity index (χ0) is 21.3. The van der Waals surface area contributed by atoms with Crippen molar-refractivity contribution in [1.29, 1.82) is 0 Å². The van der Waals surface area contributed by atoms with Crippen LogP contribution in [0.5, 0.6) is 0 Å². The SMILES string of the molecule is CN(C(=O)C1(c2ccccc2)SC1(c1ccccc1)c1ccccc1)c1ccccc1. The molecule has 0 bridgehead atoms. The van der Waals surface area contributed by atoms with Crippen molar-refractivity contribution in [2.24, 2.45) is 0 Å². The van der Waals surface area contributed by atoms with E-state index >= 15 is 0 Å². The molecule has 4 aromatic rings. The van der Waals surface area contributed by atoms with Gasteiger partial charge in [-0.2, -0.15) is 0 Å². The summed E-state index contributed by atoms with van der Waals surface area (Å²) < 4.78 is -1.24. The van der Waals surface area contributed by atoms with E-state index in [2.05, 4.69) is 60.7 Å². The number of carbonyl (C=O) groups excluding carboxylic acids is 1. The highest BCUT2D eigenvalue weighted by molar-refractivity contribution is 8.09. The predicted molar refractivity (Wildman–Crippen MR) is 129 cm³/mol. The monoisotopic (exact) mass is 421 g/mol. The van der Waals surface area contributed by atoms with Crippen molar-refractivity contribution in [3.8, 4) is 0 Å². The molecule has 4 aromatic carbocycles. The van der Waals surface area contributed by atoms with E-state index < -0.39 is 9.49 Å². The first-order chi connectivity index (χ1) is 15.2. The van der Waals surface area contributed by atoms with Crippen LogP contribution in [0.4, 0.5) is 5.69 Å². The highest BCUT2D eigenvalue weighted by atomic mass is 32.2. The van der Waals surface area contributed by atoms with Crippen LogP contribution in [0.1, 0.15) is 16.7 Å². The molecule has 1 heterocycles. The van der Waals surface area contributed by atoms with Gasteiger partial charge in [0.1, 0.15) is 4.75 Å². The minimum Gasteiger partial charge on any atom is -0.314 e. The summed E-state index contributed by atoms with van der Waals surface area (Å²) in [4.78, 5) is 16.1. The summed E-state index contributed by atoms with van der Waals surface area (Å²) in [6.07, 6.45) is 0. The number of likely N-dealkylation sites (N-methyl/N-ethyl adjacent to an activating group) is 1. The summed E-state index contributed by atoms with van der Waals surface area (Å²) in [6.45, 7) is 0. The van der Waals surface area contributed by atoms with Crippen LogP contribution in [0.25, 0.3) is 0 Å². The first-order valence-corrected chi connectivity index (χ1v) is 11.2. The molecule has 1 amide bonds. The van der Waals surface area contributed by atoms with Crippen molar-refractivity contribution in [3.05, 3.63) is 138 Å². The first-order valence-electron chi connectivity index (χ1n) is 10.4. The number of thioether (sulfide) groups is 1. The Morgan fingerprint density at radius 2 is 1.00 bits per heavy atom. The number of anilines is 1. The summed E-state index contributed by atoms with van der Waals surface area (Å²) in [5.74, 6) is 0.0857. The molecular weight excluding hydrogens is 398 g/mol. The molecule has 1 aliphatic rings. The molecule has 1 saturated heterocycles. The van der Waals surface area contributed by atoms with Crippen molar-refractivity contribution in [1.82, 2.24) is 0 Å². The Morgan fingerprint density at radius 1 is 0.613 bits per heavy atom. The van der Waals surface area contributed by atoms with Crippen LogP contribution in [0.15, 0.2) is 121 Å². The van der Waals surface area contributed by atoms with Gasteiger partial charge in [-0.3, -0.25) is 4.79 Å². The van der Waals surface area contributed by atoms with Gasteiger partial charge >= 0.3 is 0 Å². The Labute approximate surface area is 187 Å². The molecule has 0 spiro atoms. The van der Waals surface area contributed by atoms with Crippen LogP contribution < -0.4 is 4.90 Å². The van der Waals surface area contributed by atoms with E-state index in [-0.39, 0.29) is 5.91 Å². The Bertz CT molecular complexity index is 1140. The van der Waals surface area contributed by atoms with Crippen molar-refractivity contribution >= 4 is 23.4 Å². The minimum absolute atomic E-state index is 0.0857. The van der Waals surface area contributed by atoms with Gasteiger partial charge < -0.3 is 4.90 Å². The Balaban J connectivity index is 1.73. The van der Waals surface area contributed by atoms with Crippen LogP contribution in [-0.4, -0.2) is 13.0 Å². The number of para-hydroxylation sites is 1. The van der Waals surface area contributed by atoms with Crippen molar-refractivity contribution in [2.45, 2.75) is 9.49 Å². The molecule has 1 aliphatic heterocycles. The van der Waals surface area contributed by atoms with E-state index in [1.165, 1.54) is 0 Å². The van der Waals surface area contributed by atoms with Gasteiger partial charge in [0.2, 0.25) is 5.91 Å². The molecule has 1 unspecified atom stereocenters. The van der Waals surface area contributed by atoms with Crippen molar-refractivity contribution in [2.75, 3.05) is 11.9 Å². The van der Waals surface area contributed by atoms with Crippen molar-refractivity contribution < 1.29 is 4.79 Å². The molecule has 3 heteroatoms. The van der Waals surface area contributed by atoms with Crippen molar-refractivity contribution in [3.63, 3.8) is 0 Å². The third kappa shape index (κ3) is 3.00. The molecule has 31 heavy (non-hydrogen) atoms. The number of hydrogen-bond acceptors (Lipinski definition) is 2. The molecule has 152 valence electrons. The molecule has 0 radical (unpaired) electrons. The van der Waals surface area contributed by atoms with Gasteiger partial charge in [-0.25, -0.2) is 0 Å². The maximum Gasteiger partial charge on any atom is 0.249 e. The average Bonchev–Trinajstić information content (AvgIpc) is 3.58. The van der Waals surface area contributed by atoms with E-state index in [4.69, 9.17) is 0 Å². The molecular formula is C28H23NOS. The molecule has 5 rings (SSSR count). The van der Waals surface area contributed by atoms with Crippen LogP contribution >= 0.6 is 11.8 Å². The van der Waals surface area contributed by atoms with Gasteiger partial charge in [0.05, 0.1) is 4.75 Å². The van der Waals surface area contributed by atoms with E-state index in [9.17, 15) is 4.79 Å². The third-order valence-corrected chi connectivity index (χ3v) is 7.95. The topological polar surface area (TPSA) is 20.3 Å². The lowest BCUT2D eigenvalue weighted by Gasteiger charge is -2.28. The lowest BCUT2D eigenvalue weighted by molar-refractivity contribution is -0.120. The number of amides is 1. The fourth-order valence-corrected chi connectivity index (χ4v) is 6.33. The number of rotatable bonds is 5. The van der Waals surface area contributed by atoms with Gasteiger partial charge in [-0.05, 0) is 28.8 Å². The Kier molecular flexibility index (Phi) is 4.91. The second kappa shape index (κ2) is 7.75. The number of carbonyl (C=O) groups is 1. The van der Waals surface area contributed by atoms with Crippen LogP contribution in [0, 0.1) is 0 Å². The third-order valence-electron chi connectivity index (χ3n) is 6.05. The summed E-state index contributed by atoms with van der Waals surface area (Å²) in [6, 6.07) is 40.9. The van der Waals surface area contributed by atoms with Gasteiger partial charge in [-0.15, -0.1) is 11.8 Å². The van der Waals surface area contributed by atoms with Gasteiger partial charge in [-0.1, -0.05) is 109 Å². The molecule has 0 saturated carbocycles. The second-order valence-electron chi connectivity index (χ2n) is 7.76. The largest absolute Gasteiger partial charge is 0.314 e. The normalized spacial score (nSPS) is 18.9. The zero-order valence-electron chi connectivity index (χ0n) is 17.3. The molecule has 1 fully saturated rings. The standard InChI is InChI=1S/C28H23NOS/c1-29(25-20-12-5-13-21-25)26(30)28(24-18-10-4-11-19-24)27(31-28,22-14-6-2-7-15-22)23-16-8-3-9-17-23/h2-21H,1H3. The second-order valence-corrected chi connectivity index (χ2v) is 9.19. The van der Waals surface area contributed by atoms with Crippen LogP contribution in [-0.2, 0) is 14.3 Å². The highest BCUT2D eigenvalue weighted by Crippen LogP contribution is 2.78. The van der Waals surface area contributed by atoms with Gasteiger partial charge in [0.15, 0.2) is 0 Å². The van der Waals surface area contributed by atoms with E-state index in [0.717, 1.165) is 22.4 Å². The zero-order valence-corrected chi connectivity index (χ0v) is 18.1. The summed E-state index contributed by atoms with van der Waals surface area (Å²) >= 11 is 1.73. The first kappa shape index (κ1) is 19.7. The molecule has 0 aliphatic carbocycles. The van der Waals surface area contributed by atoms with E-state index in [1.807, 2.05) is 67.7 Å². The summed E-state index contributed by atoms with van der Waals surface area (Å²) in [7, 11) is 1.88. The van der Waals surface area contributed by atoms with E-state index in [1.54, 1.807) is 16.7 Å². The number of nitrogens with zero attached hydrogens (tertiary/aromatic N) is 1. The average molecular weight is 422 g/mol. The molecule has 2 nitrogen and oxygen atoms in total. The Hall–Kier alpha value is -3.30. The van der Waals surface area contributed by atoms with Crippen LogP contribution in [0.2, 0.25) is 0 Å². The maximum absolute atomic E-state index is 14.3. The predicted octanol–water partition coefficient (Wildman–Crippen LogP) is 6.24. The molecule has 0 aromatic heterocycles. The smallest absolute Gasteiger partial charge is 0.249 e. The molecule has 1 atom stereocenters. The van der Waals surface area contributed by atoms with Gasteiger partial charge in [0, 0.05) is 12.7 Å². The highest BCUT2D eigenvalue weighted by Gasteiger charge is 2.76. The van der Waals surface area contributed by atoms with Gasteiger partial charge in [0.25, 0.3) is 0 Å². The fourth-order valence-electron chi connectivity index (χ4n) is 4.50. The van der Waals surface area contributed by atoms with E-state index in [0.29, 0.717) is 0 Å². The maximum atomic E-state index is 14.3. The summed E-state index contributed by atoms with van der Waals surface area (Å²) in [5, 5.41) is 0. The lowest BCUT2D eigenvalue weighted by atomic mass is 9.76. The lowest BCUT2D eigenvalue weighted by Crippen LogP contribution is -2.41. The molecule has 0 N–H and O–H groups in total. The number of benzene rings is 4. The minimum atomic E-state index is -0.748. The summed E-state index contributed by atoms with van der Waals surface area (Å²) in [5.41, 5.74) is 4.21. The number of hydrogen-bond donors (Lipinski definition) is 0. The Morgan fingerprint density at radius 3 is 1.45 bits per heavy atom. The fraction of sp³-hybridized carbons (Fsp3) is 0.107. The quantitative estimate of drug-likeness (QED) is 0.356.